The fourth-order valence-electron chi connectivity index (χ4n) is 4.25. The summed E-state index contributed by atoms with van der Waals surface area (Å²) in [6.07, 6.45) is 0. The van der Waals surface area contributed by atoms with E-state index in [9.17, 15) is 0 Å². The van der Waals surface area contributed by atoms with Crippen molar-refractivity contribution in [2.24, 2.45) is 0 Å². The number of para-hydroxylation sites is 3. The summed E-state index contributed by atoms with van der Waals surface area (Å²) >= 11 is 0. The van der Waals surface area contributed by atoms with Gasteiger partial charge in [0.1, 0.15) is 11.2 Å². The van der Waals surface area contributed by atoms with Crippen LogP contribution in [0.25, 0.3) is 33.1 Å². The standard InChI is InChI=1S/C28H19NO/c1-3-9-21(10-4-1)29(22-11-5-2-6-12-22)26-14-8-7-13-23(26)20-15-16-24-25(19-20)28-18-17-27(24)30-28/h1-19H. The van der Waals surface area contributed by atoms with E-state index in [0.717, 1.165) is 28.2 Å². The second kappa shape index (κ2) is 6.78. The van der Waals surface area contributed by atoms with Crippen molar-refractivity contribution in [2.45, 2.75) is 0 Å². The zero-order chi connectivity index (χ0) is 19.9. The van der Waals surface area contributed by atoms with Crippen LogP contribution in [0, 0.1) is 0 Å². The maximum Gasteiger partial charge on any atom is 0.135 e. The van der Waals surface area contributed by atoms with Crippen molar-refractivity contribution in [1.82, 2.24) is 0 Å². The second-order valence-electron chi connectivity index (χ2n) is 7.45. The van der Waals surface area contributed by atoms with Crippen molar-refractivity contribution in [1.29, 1.82) is 0 Å². The molecule has 142 valence electrons. The first-order valence-electron chi connectivity index (χ1n) is 10.1. The minimum absolute atomic E-state index is 0.947. The Labute approximate surface area is 174 Å². The molecule has 30 heavy (non-hydrogen) atoms. The van der Waals surface area contributed by atoms with Gasteiger partial charge in [0.15, 0.2) is 0 Å². The predicted molar refractivity (Wildman–Crippen MR) is 125 cm³/mol. The zero-order valence-corrected chi connectivity index (χ0v) is 16.3. The number of hydrogen-bond donors (Lipinski definition) is 0. The molecule has 0 aliphatic carbocycles. The molecule has 0 amide bonds. The van der Waals surface area contributed by atoms with Gasteiger partial charge in [-0.05, 0) is 60.2 Å². The van der Waals surface area contributed by atoms with E-state index in [1.807, 2.05) is 12.1 Å². The highest BCUT2D eigenvalue weighted by molar-refractivity contribution is 6.08. The number of furan rings is 2. The van der Waals surface area contributed by atoms with Gasteiger partial charge < -0.3 is 9.32 Å². The molecular formula is C28H19NO. The molecule has 0 N–H and O–H groups in total. The number of hydrogen-bond acceptors (Lipinski definition) is 2. The first-order chi connectivity index (χ1) is 14.9. The van der Waals surface area contributed by atoms with E-state index in [-0.39, 0.29) is 0 Å². The minimum atomic E-state index is 0.947. The Balaban J connectivity index is 1.57. The van der Waals surface area contributed by atoms with Crippen molar-refractivity contribution in [3.8, 4) is 11.1 Å². The van der Waals surface area contributed by atoms with E-state index < -0.39 is 0 Å². The summed E-state index contributed by atoms with van der Waals surface area (Å²) in [5, 5.41) is 2.35. The van der Waals surface area contributed by atoms with Gasteiger partial charge in [-0.2, -0.15) is 0 Å². The maximum atomic E-state index is 5.86. The summed E-state index contributed by atoms with van der Waals surface area (Å²) in [5.41, 5.74) is 7.67. The quantitative estimate of drug-likeness (QED) is 0.304. The van der Waals surface area contributed by atoms with E-state index in [1.165, 1.54) is 21.9 Å². The highest BCUT2D eigenvalue weighted by atomic mass is 16.3. The van der Waals surface area contributed by atoms with Gasteiger partial charge in [-0.1, -0.05) is 60.7 Å². The molecule has 0 aliphatic heterocycles. The van der Waals surface area contributed by atoms with Crippen LogP contribution in [0.4, 0.5) is 17.1 Å². The number of nitrogens with zero attached hydrogens (tertiary/aromatic N) is 1. The van der Waals surface area contributed by atoms with E-state index in [0.29, 0.717) is 0 Å². The molecule has 0 aliphatic rings. The number of rotatable bonds is 4. The minimum Gasteiger partial charge on any atom is -0.456 e. The maximum absolute atomic E-state index is 5.86. The Morgan fingerprint density at radius 2 is 1.10 bits per heavy atom. The van der Waals surface area contributed by atoms with Crippen LogP contribution in [0.15, 0.2) is 120 Å². The van der Waals surface area contributed by atoms with Crippen LogP contribution in [0.5, 0.6) is 0 Å². The van der Waals surface area contributed by atoms with E-state index in [2.05, 4.69) is 108 Å². The van der Waals surface area contributed by atoms with Gasteiger partial charge in [0.25, 0.3) is 0 Å². The van der Waals surface area contributed by atoms with Crippen LogP contribution in [0.3, 0.4) is 0 Å². The Morgan fingerprint density at radius 3 is 1.80 bits per heavy atom. The third kappa shape index (κ3) is 2.66. The van der Waals surface area contributed by atoms with Gasteiger partial charge in [0.05, 0.1) is 5.69 Å². The van der Waals surface area contributed by atoms with E-state index in [1.54, 1.807) is 0 Å². The van der Waals surface area contributed by atoms with Gasteiger partial charge in [0, 0.05) is 27.7 Å². The first-order valence-corrected chi connectivity index (χ1v) is 10.1. The SMILES string of the molecule is c1ccc(N(c2ccccc2)c2ccccc2-c2ccc3c4ccc(o4)c3c2)cc1. The molecule has 2 bridgehead atoms. The second-order valence-corrected chi connectivity index (χ2v) is 7.45. The fourth-order valence-corrected chi connectivity index (χ4v) is 4.25. The fraction of sp³-hybridized carbons (Fsp3) is 0. The normalized spacial score (nSPS) is 11.3. The van der Waals surface area contributed by atoms with Crippen LogP contribution >= 0.6 is 0 Å². The molecule has 0 saturated carbocycles. The first kappa shape index (κ1) is 16.9. The Morgan fingerprint density at radius 1 is 0.500 bits per heavy atom. The Kier molecular flexibility index (Phi) is 3.82. The van der Waals surface area contributed by atoms with Crippen LogP contribution < -0.4 is 4.90 Å². The molecule has 2 nitrogen and oxygen atoms in total. The largest absolute Gasteiger partial charge is 0.456 e. The summed E-state index contributed by atoms with van der Waals surface area (Å²) in [6.45, 7) is 0. The highest BCUT2D eigenvalue weighted by Crippen LogP contribution is 2.42. The topological polar surface area (TPSA) is 16.4 Å². The van der Waals surface area contributed by atoms with Crippen molar-refractivity contribution >= 4 is 39.0 Å². The molecular weight excluding hydrogens is 366 g/mol. The Bertz CT molecular complexity index is 1390. The summed E-state index contributed by atoms with van der Waals surface area (Å²) in [4.78, 5) is 2.31. The molecule has 6 aromatic rings. The summed E-state index contributed by atoms with van der Waals surface area (Å²) in [6, 6.07) is 40.3. The van der Waals surface area contributed by atoms with Gasteiger partial charge in [-0.25, -0.2) is 0 Å². The van der Waals surface area contributed by atoms with E-state index >= 15 is 0 Å². The lowest BCUT2D eigenvalue weighted by molar-refractivity contribution is 0.679. The predicted octanol–water partition coefficient (Wildman–Crippen LogP) is 8.16. The smallest absolute Gasteiger partial charge is 0.135 e. The monoisotopic (exact) mass is 385 g/mol. The summed E-state index contributed by atoms with van der Waals surface area (Å²) < 4.78 is 5.86. The molecule has 0 atom stereocenters. The van der Waals surface area contributed by atoms with Crippen LogP contribution in [0.2, 0.25) is 0 Å². The summed E-state index contributed by atoms with van der Waals surface area (Å²) in [7, 11) is 0. The van der Waals surface area contributed by atoms with E-state index in [4.69, 9.17) is 4.42 Å². The van der Waals surface area contributed by atoms with Crippen LogP contribution in [0.1, 0.15) is 0 Å². The molecule has 6 rings (SSSR count). The third-order valence-electron chi connectivity index (χ3n) is 5.64. The number of anilines is 3. The van der Waals surface area contributed by atoms with Crippen molar-refractivity contribution in [3.05, 3.63) is 115 Å². The van der Waals surface area contributed by atoms with Crippen LogP contribution in [-0.4, -0.2) is 0 Å². The van der Waals surface area contributed by atoms with Crippen molar-refractivity contribution in [2.75, 3.05) is 4.90 Å². The number of benzene rings is 5. The molecule has 2 aromatic heterocycles. The van der Waals surface area contributed by atoms with Crippen LogP contribution in [-0.2, 0) is 0 Å². The van der Waals surface area contributed by atoms with Gasteiger partial charge in [0.2, 0.25) is 0 Å². The average molecular weight is 385 g/mol. The highest BCUT2D eigenvalue weighted by Gasteiger charge is 2.17. The molecule has 0 unspecified atom stereocenters. The molecule has 2 heterocycles. The molecule has 0 radical (unpaired) electrons. The average Bonchev–Trinajstić information content (AvgIpc) is 3.44. The Hall–Kier alpha value is -4.04. The third-order valence-corrected chi connectivity index (χ3v) is 5.64. The molecule has 0 saturated heterocycles. The summed E-state index contributed by atoms with van der Waals surface area (Å²) in [5.74, 6) is 0. The lowest BCUT2D eigenvalue weighted by atomic mass is 9.98. The molecule has 0 fully saturated rings. The zero-order valence-electron chi connectivity index (χ0n) is 16.3. The lowest BCUT2D eigenvalue weighted by Crippen LogP contribution is -2.10. The van der Waals surface area contributed by atoms with Crippen molar-refractivity contribution < 1.29 is 4.42 Å². The van der Waals surface area contributed by atoms with Gasteiger partial charge in [-0.3, -0.25) is 0 Å². The van der Waals surface area contributed by atoms with Gasteiger partial charge in [-0.15, -0.1) is 0 Å². The lowest BCUT2D eigenvalue weighted by Gasteiger charge is -2.27. The molecule has 4 aromatic carbocycles. The molecule has 0 spiro atoms. The van der Waals surface area contributed by atoms with Gasteiger partial charge >= 0.3 is 0 Å². The number of fused-ring (bicyclic) bond motifs is 5. The molecule has 2 heteroatoms. The van der Waals surface area contributed by atoms with Crippen molar-refractivity contribution in [3.63, 3.8) is 0 Å².